The molecule has 1 saturated heterocycles. The molecule has 2 atom stereocenters. The molecule has 3 heteroatoms. The summed E-state index contributed by atoms with van der Waals surface area (Å²) in [5, 5.41) is 6.76. The van der Waals surface area contributed by atoms with Gasteiger partial charge < -0.3 is 10.6 Å². The first-order chi connectivity index (χ1) is 12.3. The molecule has 1 amide bonds. The van der Waals surface area contributed by atoms with Gasteiger partial charge in [-0.15, -0.1) is 0 Å². The van der Waals surface area contributed by atoms with E-state index < -0.39 is 0 Å². The normalized spacial score (nSPS) is 22.3. The summed E-state index contributed by atoms with van der Waals surface area (Å²) in [6, 6.07) is 20.8. The van der Waals surface area contributed by atoms with E-state index >= 15 is 0 Å². The number of carbonyl (C=O) groups excluding carboxylic acids is 1. The van der Waals surface area contributed by atoms with Gasteiger partial charge in [0, 0.05) is 5.92 Å². The third kappa shape index (κ3) is 3.62. The van der Waals surface area contributed by atoms with Gasteiger partial charge in [-0.3, -0.25) is 4.79 Å². The van der Waals surface area contributed by atoms with Crippen molar-refractivity contribution in [2.45, 2.75) is 31.7 Å². The highest BCUT2D eigenvalue weighted by molar-refractivity contribution is 5.83. The summed E-state index contributed by atoms with van der Waals surface area (Å²) in [7, 11) is 0. The van der Waals surface area contributed by atoms with Crippen molar-refractivity contribution in [3.05, 3.63) is 71.8 Å². The highest BCUT2D eigenvalue weighted by Crippen LogP contribution is 2.58. The van der Waals surface area contributed by atoms with Crippen LogP contribution in [0.4, 0.5) is 0 Å². The molecule has 0 aromatic heterocycles. The molecule has 0 radical (unpaired) electrons. The summed E-state index contributed by atoms with van der Waals surface area (Å²) in [5.74, 6) is 0.447. The van der Waals surface area contributed by atoms with E-state index in [-0.39, 0.29) is 23.3 Å². The largest absolute Gasteiger partial charge is 0.349 e. The number of piperidine rings is 1. The van der Waals surface area contributed by atoms with Crippen LogP contribution in [0.1, 0.15) is 36.4 Å². The zero-order chi connectivity index (χ0) is 17.1. The molecule has 130 valence electrons. The topological polar surface area (TPSA) is 41.1 Å². The lowest BCUT2D eigenvalue weighted by Crippen LogP contribution is -2.35. The van der Waals surface area contributed by atoms with Crippen molar-refractivity contribution in [1.29, 1.82) is 0 Å². The van der Waals surface area contributed by atoms with Crippen molar-refractivity contribution < 1.29 is 4.79 Å². The summed E-state index contributed by atoms with van der Waals surface area (Å²) in [5.41, 5.74) is 2.72. The Kier molecular flexibility index (Phi) is 4.58. The van der Waals surface area contributed by atoms with E-state index in [2.05, 4.69) is 47.0 Å². The third-order valence-corrected chi connectivity index (χ3v) is 5.91. The number of nitrogens with one attached hydrogen (secondary N) is 2. The summed E-state index contributed by atoms with van der Waals surface area (Å²) in [6.45, 7) is 2.10. The number of benzene rings is 2. The molecule has 1 heterocycles. The van der Waals surface area contributed by atoms with E-state index in [9.17, 15) is 4.79 Å². The van der Waals surface area contributed by atoms with Gasteiger partial charge in [-0.25, -0.2) is 0 Å². The summed E-state index contributed by atoms with van der Waals surface area (Å²) in [4.78, 5) is 12.9. The fourth-order valence-corrected chi connectivity index (χ4v) is 4.26. The molecule has 2 aromatic rings. The van der Waals surface area contributed by atoms with E-state index in [1.807, 2.05) is 24.3 Å². The number of carbonyl (C=O) groups is 1. The number of amides is 1. The van der Waals surface area contributed by atoms with Crippen molar-refractivity contribution in [2.75, 3.05) is 13.1 Å². The minimum absolute atomic E-state index is 0.0375. The predicted molar refractivity (Wildman–Crippen MR) is 100 cm³/mol. The van der Waals surface area contributed by atoms with Crippen LogP contribution in [0.15, 0.2) is 60.7 Å². The Hall–Kier alpha value is -2.13. The van der Waals surface area contributed by atoms with Crippen LogP contribution in [0.5, 0.6) is 0 Å². The molecule has 25 heavy (non-hydrogen) atoms. The molecule has 3 nitrogen and oxygen atoms in total. The maximum Gasteiger partial charge on any atom is 0.224 e. The summed E-state index contributed by atoms with van der Waals surface area (Å²) >= 11 is 0. The Morgan fingerprint density at radius 1 is 1.04 bits per heavy atom. The zero-order valence-corrected chi connectivity index (χ0v) is 14.6. The quantitative estimate of drug-likeness (QED) is 0.879. The lowest BCUT2D eigenvalue weighted by molar-refractivity contribution is -0.124. The van der Waals surface area contributed by atoms with Gasteiger partial charge in [0.15, 0.2) is 0 Å². The van der Waals surface area contributed by atoms with Gasteiger partial charge in [-0.05, 0) is 55.3 Å². The van der Waals surface area contributed by atoms with Crippen molar-refractivity contribution >= 4 is 5.91 Å². The minimum Gasteiger partial charge on any atom is -0.349 e. The van der Waals surface area contributed by atoms with E-state index in [1.54, 1.807) is 0 Å². The Morgan fingerprint density at radius 3 is 2.36 bits per heavy atom. The second-order valence-corrected chi connectivity index (χ2v) is 7.53. The second-order valence-electron chi connectivity index (χ2n) is 7.53. The first-order valence-electron chi connectivity index (χ1n) is 9.37. The predicted octanol–water partition coefficient (Wildman–Crippen LogP) is 3.48. The Morgan fingerprint density at radius 2 is 1.68 bits per heavy atom. The van der Waals surface area contributed by atoms with Crippen LogP contribution in [-0.4, -0.2) is 19.0 Å². The molecule has 2 fully saturated rings. The van der Waals surface area contributed by atoms with Crippen LogP contribution in [-0.2, 0) is 11.2 Å². The molecule has 1 aliphatic heterocycles. The molecule has 4 rings (SSSR count). The van der Waals surface area contributed by atoms with Crippen LogP contribution in [0.3, 0.4) is 0 Å². The molecule has 2 aromatic carbocycles. The lowest BCUT2D eigenvalue weighted by atomic mass is 9.91. The number of hydrogen-bond acceptors (Lipinski definition) is 2. The molecule has 0 bridgehead atoms. The van der Waals surface area contributed by atoms with Gasteiger partial charge in [0.1, 0.15) is 0 Å². The maximum absolute atomic E-state index is 12.9. The van der Waals surface area contributed by atoms with E-state index in [4.69, 9.17) is 0 Å². The van der Waals surface area contributed by atoms with E-state index in [1.165, 1.54) is 11.1 Å². The van der Waals surface area contributed by atoms with Gasteiger partial charge in [-0.1, -0.05) is 60.7 Å². The van der Waals surface area contributed by atoms with Crippen molar-refractivity contribution in [1.82, 2.24) is 10.6 Å². The highest BCUT2D eigenvalue weighted by Gasteiger charge is 2.57. The van der Waals surface area contributed by atoms with Crippen molar-refractivity contribution in [3.8, 4) is 0 Å². The average Bonchev–Trinajstić information content (AvgIpc) is 3.36. The van der Waals surface area contributed by atoms with Crippen molar-refractivity contribution in [3.63, 3.8) is 0 Å². The van der Waals surface area contributed by atoms with Crippen LogP contribution in [0.25, 0.3) is 0 Å². The maximum atomic E-state index is 12.9. The lowest BCUT2D eigenvalue weighted by Gasteiger charge is -2.24. The fraction of sp³-hybridized carbons (Fsp3) is 0.409. The fourth-order valence-electron chi connectivity index (χ4n) is 4.26. The van der Waals surface area contributed by atoms with Crippen LogP contribution >= 0.6 is 0 Å². The molecule has 2 aliphatic rings. The second kappa shape index (κ2) is 7.01. The Balaban J connectivity index is 1.48. The molecule has 1 spiro atoms. The van der Waals surface area contributed by atoms with Gasteiger partial charge in [-0.2, -0.15) is 0 Å². The van der Waals surface area contributed by atoms with E-state index in [0.717, 1.165) is 38.8 Å². The monoisotopic (exact) mass is 334 g/mol. The Bertz CT molecular complexity index is 707. The first-order valence-corrected chi connectivity index (χ1v) is 9.37. The number of rotatable bonds is 5. The highest BCUT2D eigenvalue weighted by atomic mass is 16.2. The SMILES string of the molecule is O=C(NC(Cc1ccccc1)c1ccccc1)C1CC12CCNCC2. The van der Waals surface area contributed by atoms with E-state index in [0.29, 0.717) is 0 Å². The van der Waals surface area contributed by atoms with Crippen LogP contribution in [0, 0.1) is 11.3 Å². The van der Waals surface area contributed by atoms with Crippen LogP contribution in [0.2, 0.25) is 0 Å². The Labute approximate surface area is 149 Å². The van der Waals surface area contributed by atoms with Gasteiger partial charge >= 0.3 is 0 Å². The standard InChI is InChI=1S/C22H26N2O/c25-21(19-16-22(19)11-13-23-14-12-22)24-20(18-9-5-2-6-10-18)15-17-7-3-1-4-8-17/h1-10,19-20,23H,11-16H2,(H,24,25). The third-order valence-electron chi connectivity index (χ3n) is 5.91. The smallest absolute Gasteiger partial charge is 0.224 e. The molecule has 2 N–H and O–H groups in total. The average molecular weight is 334 g/mol. The van der Waals surface area contributed by atoms with Gasteiger partial charge in [0.25, 0.3) is 0 Å². The van der Waals surface area contributed by atoms with Gasteiger partial charge in [0.05, 0.1) is 6.04 Å². The molecule has 1 saturated carbocycles. The first kappa shape index (κ1) is 16.3. The van der Waals surface area contributed by atoms with Crippen LogP contribution < -0.4 is 10.6 Å². The zero-order valence-electron chi connectivity index (χ0n) is 14.6. The molecule has 2 unspecified atom stereocenters. The van der Waals surface area contributed by atoms with Gasteiger partial charge in [0.2, 0.25) is 5.91 Å². The molecular formula is C22H26N2O. The number of hydrogen-bond donors (Lipinski definition) is 2. The molecule has 1 aliphatic carbocycles. The van der Waals surface area contributed by atoms with Crippen molar-refractivity contribution in [2.24, 2.45) is 11.3 Å². The minimum atomic E-state index is 0.0375. The summed E-state index contributed by atoms with van der Waals surface area (Å²) in [6.07, 6.45) is 4.17. The molecular weight excluding hydrogens is 308 g/mol. The summed E-state index contributed by atoms with van der Waals surface area (Å²) < 4.78 is 0.